The Hall–Kier alpha value is -0.490. The van der Waals surface area contributed by atoms with Gasteiger partial charge >= 0.3 is 0 Å². The number of hydrogen-bond acceptors (Lipinski definition) is 4. The van der Waals surface area contributed by atoms with Crippen molar-refractivity contribution in [3.63, 3.8) is 0 Å². The first kappa shape index (κ1) is 13.9. The van der Waals surface area contributed by atoms with Gasteiger partial charge in [-0.1, -0.05) is 0 Å². The van der Waals surface area contributed by atoms with E-state index in [1.54, 1.807) is 0 Å². The molecule has 5 nitrogen and oxygen atoms in total. The standard InChI is InChI=1S/C13H23NO4/c15-10-4-5-11(13(17)8-10)12(16)7-9-3-1-2-6-14(9)18/h9-11,13-15,17H,1-8H2. The van der Waals surface area contributed by atoms with E-state index in [0.717, 1.165) is 19.3 Å². The quantitative estimate of drug-likeness (QED) is 0.590. The van der Waals surface area contributed by atoms with Gasteiger partial charge in [-0.15, -0.1) is 0 Å². The average Bonchev–Trinajstić information content (AvgIpc) is 2.32. The van der Waals surface area contributed by atoms with Crippen molar-refractivity contribution < 1.29 is 20.1 Å². The molecule has 0 bridgehead atoms. The van der Waals surface area contributed by atoms with E-state index in [1.165, 1.54) is 0 Å². The molecule has 0 aromatic heterocycles. The van der Waals surface area contributed by atoms with Gasteiger partial charge in [-0.05, 0) is 32.1 Å². The first-order chi connectivity index (χ1) is 8.58. The van der Waals surface area contributed by atoms with E-state index < -0.39 is 12.2 Å². The molecular weight excluding hydrogens is 234 g/mol. The molecule has 5 heteroatoms. The number of ketones is 1. The Morgan fingerprint density at radius 2 is 2.00 bits per heavy atom. The van der Waals surface area contributed by atoms with E-state index in [0.29, 0.717) is 19.4 Å². The lowest BCUT2D eigenvalue weighted by Crippen LogP contribution is -3.12. The van der Waals surface area contributed by atoms with Crippen molar-refractivity contribution in [1.29, 1.82) is 0 Å². The normalized spacial score (nSPS) is 41.6. The Morgan fingerprint density at radius 1 is 1.22 bits per heavy atom. The molecule has 1 saturated heterocycles. The van der Waals surface area contributed by atoms with Gasteiger partial charge in [-0.2, -0.15) is 0 Å². The maximum absolute atomic E-state index is 12.1. The minimum atomic E-state index is -0.736. The van der Waals surface area contributed by atoms with Crippen molar-refractivity contribution in [2.24, 2.45) is 5.92 Å². The van der Waals surface area contributed by atoms with Crippen LogP contribution in [-0.4, -0.2) is 40.8 Å². The lowest BCUT2D eigenvalue weighted by atomic mass is 9.80. The van der Waals surface area contributed by atoms with Crippen LogP contribution < -0.4 is 5.06 Å². The summed E-state index contributed by atoms with van der Waals surface area (Å²) in [7, 11) is 0. The molecule has 0 aromatic carbocycles. The number of piperidine rings is 1. The number of hydroxylamine groups is 2. The number of rotatable bonds is 3. The zero-order valence-electron chi connectivity index (χ0n) is 10.7. The highest BCUT2D eigenvalue weighted by Gasteiger charge is 2.35. The fourth-order valence-electron chi connectivity index (χ4n) is 3.17. The summed E-state index contributed by atoms with van der Waals surface area (Å²) in [6, 6.07) is -0.120. The van der Waals surface area contributed by atoms with Gasteiger partial charge in [0, 0.05) is 12.3 Å². The third-order valence-electron chi connectivity index (χ3n) is 4.33. The number of quaternary nitrogens is 1. The van der Waals surface area contributed by atoms with Crippen molar-refractivity contribution in [2.75, 3.05) is 6.54 Å². The Kier molecular flexibility index (Phi) is 4.72. The van der Waals surface area contributed by atoms with E-state index in [4.69, 9.17) is 0 Å². The van der Waals surface area contributed by atoms with Crippen LogP contribution in [0.2, 0.25) is 0 Å². The van der Waals surface area contributed by atoms with Gasteiger partial charge in [0.15, 0.2) is 0 Å². The summed E-state index contributed by atoms with van der Waals surface area (Å²) in [6.07, 6.45) is 3.26. The van der Waals surface area contributed by atoms with Gasteiger partial charge in [0.1, 0.15) is 5.78 Å². The summed E-state index contributed by atoms with van der Waals surface area (Å²) in [4.78, 5) is 12.1. The number of Topliss-reactive ketones (excluding diaryl/α,β-unsaturated/α-hetero) is 1. The molecule has 0 aromatic rings. The minimum absolute atomic E-state index is 0.00894. The van der Waals surface area contributed by atoms with E-state index in [9.17, 15) is 20.2 Å². The summed E-state index contributed by atoms with van der Waals surface area (Å²) in [6.45, 7) is 0.601. The Morgan fingerprint density at radius 3 is 2.67 bits per heavy atom. The Bertz CT molecular complexity index is 297. The number of hydrogen-bond donors (Lipinski definition) is 3. The summed E-state index contributed by atoms with van der Waals surface area (Å²) in [5.74, 6) is -0.363. The molecule has 2 rings (SSSR count). The van der Waals surface area contributed by atoms with Crippen LogP contribution in [-0.2, 0) is 4.79 Å². The molecule has 1 aliphatic carbocycles. The molecule has 1 aliphatic heterocycles. The fraction of sp³-hybridized carbons (Fsp3) is 0.923. The molecule has 2 fully saturated rings. The van der Waals surface area contributed by atoms with Gasteiger partial charge in [0.05, 0.1) is 31.2 Å². The van der Waals surface area contributed by atoms with Gasteiger partial charge in [0.25, 0.3) is 0 Å². The number of aliphatic hydroxyl groups excluding tert-OH is 2. The zero-order chi connectivity index (χ0) is 13.1. The molecule has 104 valence electrons. The number of aliphatic hydroxyl groups is 2. The van der Waals surface area contributed by atoms with Crippen LogP contribution in [0.3, 0.4) is 0 Å². The van der Waals surface area contributed by atoms with Crippen molar-refractivity contribution in [2.45, 2.75) is 63.2 Å². The molecule has 1 saturated carbocycles. The average molecular weight is 257 g/mol. The third-order valence-corrected chi connectivity index (χ3v) is 4.33. The summed E-state index contributed by atoms with van der Waals surface area (Å²) in [5, 5.41) is 31.2. The van der Waals surface area contributed by atoms with Crippen molar-refractivity contribution in [3.8, 4) is 0 Å². The summed E-state index contributed by atoms with van der Waals surface area (Å²) >= 11 is 0. The largest absolute Gasteiger partial charge is 0.634 e. The van der Waals surface area contributed by atoms with Crippen LogP contribution in [0.1, 0.15) is 44.9 Å². The van der Waals surface area contributed by atoms with Crippen LogP contribution in [0, 0.1) is 11.1 Å². The second-order valence-electron chi connectivity index (χ2n) is 5.72. The molecule has 0 amide bonds. The molecule has 0 spiro atoms. The fourth-order valence-corrected chi connectivity index (χ4v) is 3.17. The molecule has 3 N–H and O–H groups in total. The van der Waals surface area contributed by atoms with Crippen LogP contribution in [0.4, 0.5) is 0 Å². The van der Waals surface area contributed by atoms with Crippen LogP contribution in [0.5, 0.6) is 0 Å². The molecular formula is C13H23NO4. The van der Waals surface area contributed by atoms with E-state index in [2.05, 4.69) is 0 Å². The first-order valence-corrected chi connectivity index (χ1v) is 6.99. The highest BCUT2D eigenvalue weighted by molar-refractivity contribution is 5.82. The molecule has 18 heavy (non-hydrogen) atoms. The molecule has 2 aliphatic rings. The van der Waals surface area contributed by atoms with E-state index >= 15 is 0 Å². The van der Waals surface area contributed by atoms with Crippen LogP contribution in [0.25, 0.3) is 0 Å². The molecule has 1 heterocycles. The number of carbonyl (C=O) groups excluding carboxylic acids is 1. The van der Waals surface area contributed by atoms with Gasteiger partial charge in [-0.3, -0.25) is 4.79 Å². The maximum Gasteiger partial charge on any atom is 0.144 e. The Balaban J connectivity index is 1.87. The smallest absolute Gasteiger partial charge is 0.144 e. The van der Waals surface area contributed by atoms with Crippen molar-refractivity contribution >= 4 is 5.78 Å². The molecule has 5 atom stereocenters. The number of carbonyl (C=O) groups is 1. The second-order valence-corrected chi connectivity index (χ2v) is 5.72. The van der Waals surface area contributed by atoms with Crippen molar-refractivity contribution in [1.82, 2.24) is 0 Å². The highest BCUT2D eigenvalue weighted by Crippen LogP contribution is 2.27. The second kappa shape index (κ2) is 6.10. The van der Waals surface area contributed by atoms with Gasteiger partial charge in [0.2, 0.25) is 0 Å². The first-order valence-electron chi connectivity index (χ1n) is 6.99. The Labute approximate surface area is 107 Å². The topological polar surface area (TPSA) is 85.0 Å². The van der Waals surface area contributed by atoms with E-state index in [1.807, 2.05) is 0 Å². The highest BCUT2D eigenvalue weighted by atomic mass is 16.5. The lowest BCUT2D eigenvalue weighted by molar-refractivity contribution is -0.880. The van der Waals surface area contributed by atoms with Crippen LogP contribution >= 0.6 is 0 Å². The molecule has 5 unspecified atom stereocenters. The predicted octanol–water partition coefficient (Wildman–Crippen LogP) is -0.597. The van der Waals surface area contributed by atoms with E-state index in [-0.39, 0.29) is 35.6 Å². The minimum Gasteiger partial charge on any atom is -0.634 e. The van der Waals surface area contributed by atoms with Gasteiger partial charge in [-0.25, -0.2) is 0 Å². The summed E-state index contributed by atoms with van der Waals surface area (Å²) in [5.41, 5.74) is 0. The third kappa shape index (κ3) is 3.29. The SMILES string of the molecule is O=C(CC1CCCC[NH+]1[O-])C1CCC(O)CC1O. The zero-order valence-corrected chi connectivity index (χ0v) is 10.7. The number of nitrogens with one attached hydrogen (secondary N) is 1. The lowest BCUT2D eigenvalue weighted by Gasteiger charge is -2.36. The predicted molar refractivity (Wildman–Crippen MR) is 65.8 cm³/mol. The summed E-state index contributed by atoms with van der Waals surface area (Å²) < 4.78 is 0. The van der Waals surface area contributed by atoms with Crippen LogP contribution in [0.15, 0.2) is 0 Å². The van der Waals surface area contributed by atoms with Crippen molar-refractivity contribution in [3.05, 3.63) is 5.21 Å². The van der Waals surface area contributed by atoms with Gasteiger partial charge < -0.3 is 20.5 Å². The monoisotopic (exact) mass is 257 g/mol. The molecule has 0 radical (unpaired) electrons. The maximum atomic E-state index is 12.1.